The van der Waals surface area contributed by atoms with Crippen LogP contribution in [0.3, 0.4) is 0 Å². The van der Waals surface area contributed by atoms with Gasteiger partial charge in [-0.2, -0.15) is 10.2 Å². The average molecular weight is 246 g/mol. The van der Waals surface area contributed by atoms with Gasteiger partial charge in [0.15, 0.2) is 0 Å². The second-order valence-corrected chi connectivity index (χ2v) is 7.77. The van der Waals surface area contributed by atoms with E-state index >= 15 is 0 Å². The highest BCUT2D eigenvalue weighted by Crippen LogP contribution is 2.77. The van der Waals surface area contributed by atoms with Crippen LogP contribution >= 0.6 is 0 Å². The molecule has 0 N–H and O–H groups in total. The Labute approximate surface area is 111 Å². The third-order valence-electron chi connectivity index (χ3n) is 7.67. The highest BCUT2D eigenvalue weighted by molar-refractivity contribution is 5.32. The molecule has 2 heteroatoms. The smallest absolute Gasteiger partial charge is 0.0922 e. The number of hydrogen-bond acceptors (Lipinski definition) is 2. The highest BCUT2D eigenvalue weighted by atomic mass is 15.3. The Morgan fingerprint density at radius 2 is 1.33 bits per heavy atom. The van der Waals surface area contributed by atoms with E-state index in [0.717, 1.165) is 23.7 Å². The van der Waals surface area contributed by atoms with Gasteiger partial charge in [-0.15, -0.1) is 0 Å². The normalized spacial score (nSPS) is 58.4. The minimum Gasteiger partial charge on any atom is -0.186 e. The zero-order valence-electron chi connectivity index (χ0n) is 12.2. The van der Waals surface area contributed by atoms with E-state index in [1.54, 1.807) is 0 Å². The lowest BCUT2D eigenvalue weighted by Gasteiger charge is -2.41. The number of rotatable bonds is 2. The molecule has 0 aromatic carbocycles. The first-order valence-corrected chi connectivity index (χ1v) is 7.98. The second kappa shape index (κ2) is 3.02. The van der Waals surface area contributed by atoms with Gasteiger partial charge in [0.25, 0.3) is 0 Å². The Bertz CT molecular complexity index is 391. The lowest BCUT2D eigenvalue weighted by molar-refractivity contribution is 0.124. The SMILES string of the molecule is CC[C@]12N=N[C@](CC)([C@@H]3[C@H]4CC[C@H](C4)[C@@H]31)C2(C)C. The molecule has 0 radical (unpaired) electrons. The molecule has 4 rings (SSSR count). The van der Waals surface area contributed by atoms with Crippen molar-refractivity contribution in [1.82, 2.24) is 0 Å². The molecule has 3 fully saturated rings. The van der Waals surface area contributed by atoms with Crippen molar-refractivity contribution in [1.29, 1.82) is 0 Å². The summed E-state index contributed by atoms with van der Waals surface area (Å²) in [7, 11) is 0. The highest BCUT2D eigenvalue weighted by Gasteiger charge is 2.79. The summed E-state index contributed by atoms with van der Waals surface area (Å²) in [5, 5.41) is 9.87. The number of azo groups is 1. The van der Waals surface area contributed by atoms with Gasteiger partial charge in [-0.05, 0) is 55.8 Å². The van der Waals surface area contributed by atoms with E-state index in [1.165, 1.54) is 32.1 Å². The van der Waals surface area contributed by atoms with Crippen LogP contribution in [0.15, 0.2) is 10.2 Å². The predicted molar refractivity (Wildman–Crippen MR) is 72.5 cm³/mol. The van der Waals surface area contributed by atoms with Crippen LogP contribution in [0.1, 0.15) is 59.8 Å². The molecule has 0 amide bonds. The van der Waals surface area contributed by atoms with Gasteiger partial charge in [0.1, 0.15) is 0 Å². The molecule has 6 atom stereocenters. The molecule has 4 bridgehead atoms. The maximum absolute atomic E-state index is 4.94. The van der Waals surface area contributed by atoms with E-state index in [-0.39, 0.29) is 16.5 Å². The minimum atomic E-state index is 0.174. The summed E-state index contributed by atoms with van der Waals surface area (Å²) in [6.45, 7) is 9.64. The molecule has 18 heavy (non-hydrogen) atoms. The topological polar surface area (TPSA) is 24.7 Å². The van der Waals surface area contributed by atoms with Crippen molar-refractivity contribution < 1.29 is 0 Å². The Morgan fingerprint density at radius 3 is 1.72 bits per heavy atom. The van der Waals surface area contributed by atoms with Gasteiger partial charge in [0.05, 0.1) is 11.1 Å². The summed E-state index contributed by atoms with van der Waals surface area (Å²) in [5.41, 5.74) is 0.626. The van der Waals surface area contributed by atoms with Gasteiger partial charge in [-0.3, -0.25) is 0 Å². The van der Waals surface area contributed by atoms with E-state index < -0.39 is 0 Å². The van der Waals surface area contributed by atoms with E-state index in [9.17, 15) is 0 Å². The number of fused-ring (bicyclic) bond motifs is 9. The molecule has 0 unspecified atom stereocenters. The van der Waals surface area contributed by atoms with Crippen molar-refractivity contribution in [2.24, 2.45) is 39.3 Å². The Morgan fingerprint density at radius 1 is 0.889 bits per heavy atom. The van der Waals surface area contributed by atoms with Crippen LogP contribution in [-0.4, -0.2) is 11.1 Å². The second-order valence-electron chi connectivity index (χ2n) is 7.77. The molecule has 3 saturated carbocycles. The zero-order valence-corrected chi connectivity index (χ0v) is 12.2. The first kappa shape index (κ1) is 11.4. The van der Waals surface area contributed by atoms with E-state index in [2.05, 4.69) is 27.7 Å². The average Bonchev–Trinajstić information content (AvgIpc) is 3.05. The molecule has 3 aliphatic carbocycles. The summed E-state index contributed by atoms with van der Waals surface area (Å²) in [5.74, 6) is 3.64. The van der Waals surface area contributed by atoms with Crippen LogP contribution in [-0.2, 0) is 0 Å². The molecule has 1 heterocycles. The van der Waals surface area contributed by atoms with Crippen molar-refractivity contribution >= 4 is 0 Å². The monoisotopic (exact) mass is 246 g/mol. The van der Waals surface area contributed by atoms with Crippen molar-refractivity contribution in [3.8, 4) is 0 Å². The largest absolute Gasteiger partial charge is 0.186 e. The maximum atomic E-state index is 4.94. The minimum absolute atomic E-state index is 0.174. The zero-order chi connectivity index (χ0) is 12.8. The Kier molecular flexibility index (Phi) is 1.91. The maximum Gasteiger partial charge on any atom is 0.0922 e. The fraction of sp³-hybridized carbons (Fsp3) is 1.00. The van der Waals surface area contributed by atoms with Crippen LogP contribution < -0.4 is 0 Å². The standard InChI is InChI=1S/C16H26N2/c1-5-15-12-10-7-8-11(9-10)13(12)16(6-2,18-17-15)14(15,3)4/h10-13H,5-9H2,1-4H3/t10-,11+,12+,13-,15+,16-. The summed E-state index contributed by atoms with van der Waals surface area (Å²) >= 11 is 0. The molecule has 0 spiro atoms. The molecule has 0 aromatic rings. The molecule has 100 valence electrons. The summed E-state index contributed by atoms with van der Waals surface area (Å²) in [4.78, 5) is 0. The van der Waals surface area contributed by atoms with Crippen molar-refractivity contribution in [3.63, 3.8) is 0 Å². The van der Waals surface area contributed by atoms with Crippen LogP contribution in [0.25, 0.3) is 0 Å². The van der Waals surface area contributed by atoms with Crippen LogP contribution in [0.2, 0.25) is 0 Å². The van der Waals surface area contributed by atoms with Crippen molar-refractivity contribution in [2.75, 3.05) is 0 Å². The van der Waals surface area contributed by atoms with E-state index in [0.29, 0.717) is 0 Å². The molecule has 0 aromatic heterocycles. The van der Waals surface area contributed by atoms with Crippen LogP contribution in [0.4, 0.5) is 0 Å². The van der Waals surface area contributed by atoms with Crippen LogP contribution in [0, 0.1) is 29.1 Å². The van der Waals surface area contributed by atoms with Crippen molar-refractivity contribution in [2.45, 2.75) is 70.9 Å². The van der Waals surface area contributed by atoms with Crippen molar-refractivity contribution in [3.05, 3.63) is 0 Å². The molecule has 1 aliphatic heterocycles. The Balaban J connectivity index is 1.94. The molecule has 2 nitrogen and oxygen atoms in total. The third-order valence-corrected chi connectivity index (χ3v) is 7.67. The van der Waals surface area contributed by atoms with Gasteiger partial charge in [-0.25, -0.2) is 0 Å². The van der Waals surface area contributed by atoms with E-state index in [1.807, 2.05) is 0 Å². The van der Waals surface area contributed by atoms with Gasteiger partial charge in [-0.1, -0.05) is 27.7 Å². The molecular formula is C16H26N2. The first-order valence-electron chi connectivity index (χ1n) is 7.98. The van der Waals surface area contributed by atoms with Gasteiger partial charge < -0.3 is 0 Å². The number of hydrogen-bond donors (Lipinski definition) is 0. The number of nitrogens with zero attached hydrogens (tertiary/aromatic N) is 2. The fourth-order valence-electron chi connectivity index (χ4n) is 6.93. The summed E-state index contributed by atoms with van der Waals surface area (Å²) < 4.78 is 0. The lowest BCUT2D eigenvalue weighted by Crippen LogP contribution is -2.47. The van der Waals surface area contributed by atoms with Gasteiger partial charge in [0.2, 0.25) is 0 Å². The quantitative estimate of drug-likeness (QED) is 0.643. The molecular weight excluding hydrogens is 220 g/mol. The fourth-order valence-corrected chi connectivity index (χ4v) is 6.93. The lowest BCUT2D eigenvalue weighted by atomic mass is 9.63. The molecule has 0 saturated heterocycles. The van der Waals surface area contributed by atoms with Gasteiger partial charge in [0, 0.05) is 5.41 Å². The third kappa shape index (κ3) is 0.822. The first-order chi connectivity index (χ1) is 8.54. The summed E-state index contributed by atoms with van der Waals surface area (Å²) in [6, 6.07) is 0. The van der Waals surface area contributed by atoms with E-state index in [4.69, 9.17) is 10.2 Å². The van der Waals surface area contributed by atoms with Crippen LogP contribution in [0.5, 0.6) is 0 Å². The summed E-state index contributed by atoms with van der Waals surface area (Å²) in [6.07, 6.45) is 6.81. The molecule has 4 aliphatic rings. The predicted octanol–water partition coefficient (Wildman–Crippen LogP) is 4.45. The van der Waals surface area contributed by atoms with Gasteiger partial charge >= 0.3 is 0 Å². The Hall–Kier alpha value is -0.400.